The molecule has 1 aliphatic heterocycles. The van der Waals surface area contributed by atoms with Gasteiger partial charge in [0.25, 0.3) is 11.8 Å². The van der Waals surface area contributed by atoms with Crippen LogP contribution in [0.25, 0.3) is 0 Å². The summed E-state index contributed by atoms with van der Waals surface area (Å²) in [6, 6.07) is 14.9. The van der Waals surface area contributed by atoms with Crippen LogP contribution in [0, 0.1) is 0 Å². The van der Waals surface area contributed by atoms with Gasteiger partial charge in [-0.25, -0.2) is 0 Å². The van der Waals surface area contributed by atoms with Crippen LogP contribution < -0.4 is 5.32 Å². The highest BCUT2D eigenvalue weighted by Gasteiger charge is 2.21. The molecule has 2 amide bonds. The maximum Gasteiger partial charge on any atom is 0.255 e. The third-order valence-electron chi connectivity index (χ3n) is 5.25. The van der Waals surface area contributed by atoms with Gasteiger partial charge in [-0.2, -0.15) is 0 Å². The summed E-state index contributed by atoms with van der Waals surface area (Å²) in [5.74, 6) is -0.172. The predicted molar refractivity (Wildman–Crippen MR) is 114 cm³/mol. The van der Waals surface area contributed by atoms with Crippen molar-refractivity contribution in [2.45, 2.75) is 51.9 Å². The lowest BCUT2D eigenvalue weighted by atomic mass is 9.86. The topological polar surface area (TPSA) is 49.4 Å². The van der Waals surface area contributed by atoms with Gasteiger partial charge < -0.3 is 10.2 Å². The first-order valence-corrected chi connectivity index (χ1v) is 10.2. The van der Waals surface area contributed by atoms with Crippen molar-refractivity contribution in [3.63, 3.8) is 0 Å². The van der Waals surface area contributed by atoms with Crippen molar-refractivity contribution < 1.29 is 9.59 Å². The van der Waals surface area contributed by atoms with Crippen LogP contribution >= 0.6 is 0 Å². The average Bonchev–Trinajstić information content (AvgIpc) is 2.96. The Morgan fingerprint density at radius 2 is 1.50 bits per heavy atom. The summed E-state index contributed by atoms with van der Waals surface area (Å²) in [4.78, 5) is 27.6. The third kappa shape index (κ3) is 4.80. The van der Waals surface area contributed by atoms with E-state index < -0.39 is 0 Å². The van der Waals surface area contributed by atoms with E-state index in [0.29, 0.717) is 11.1 Å². The lowest BCUT2D eigenvalue weighted by molar-refractivity contribution is 0.0761. The van der Waals surface area contributed by atoms with E-state index in [9.17, 15) is 9.59 Å². The van der Waals surface area contributed by atoms with Crippen molar-refractivity contribution in [1.82, 2.24) is 4.90 Å². The number of rotatable bonds is 3. The number of likely N-dealkylation sites (tertiary alicyclic amines) is 1. The van der Waals surface area contributed by atoms with Crippen LogP contribution in [0.1, 0.15) is 72.7 Å². The normalized spacial score (nSPS) is 15.0. The fourth-order valence-corrected chi connectivity index (χ4v) is 3.69. The molecule has 0 saturated carbocycles. The maximum atomic E-state index is 12.9. The summed E-state index contributed by atoms with van der Waals surface area (Å²) in [6.07, 6.45) is 4.46. The predicted octanol–water partition coefficient (Wildman–Crippen LogP) is 5.25. The standard InChI is InChI=1S/C24H30N2O2/c1-24(2,3)20-13-6-7-14-21(20)25-22(27)18-11-10-12-19(17-18)23(28)26-15-8-4-5-9-16-26/h6-7,10-14,17H,4-5,8-9,15-16H2,1-3H3,(H,25,27). The zero-order chi connectivity index (χ0) is 20.1. The molecule has 0 unspecified atom stereocenters. The molecule has 3 rings (SSSR count). The Morgan fingerprint density at radius 1 is 0.857 bits per heavy atom. The van der Waals surface area contributed by atoms with Crippen molar-refractivity contribution in [1.29, 1.82) is 0 Å². The number of benzene rings is 2. The molecule has 28 heavy (non-hydrogen) atoms. The van der Waals surface area contributed by atoms with E-state index in [1.165, 1.54) is 12.8 Å². The summed E-state index contributed by atoms with van der Waals surface area (Å²) in [7, 11) is 0. The number of nitrogens with zero attached hydrogens (tertiary/aromatic N) is 1. The number of amides is 2. The first kappa shape index (κ1) is 20.1. The Labute approximate surface area is 167 Å². The Balaban J connectivity index is 1.79. The molecule has 1 heterocycles. The van der Waals surface area contributed by atoms with Crippen LogP contribution in [0.15, 0.2) is 48.5 Å². The molecule has 148 valence electrons. The SMILES string of the molecule is CC(C)(C)c1ccccc1NC(=O)c1cccc(C(=O)N2CCCCCC2)c1. The van der Waals surface area contributed by atoms with Crippen molar-refractivity contribution >= 4 is 17.5 Å². The minimum atomic E-state index is -0.192. The smallest absolute Gasteiger partial charge is 0.255 e. The largest absolute Gasteiger partial charge is 0.339 e. The van der Waals surface area contributed by atoms with E-state index >= 15 is 0 Å². The number of para-hydroxylation sites is 1. The van der Waals surface area contributed by atoms with E-state index in [1.807, 2.05) is 29.2 Å². The molecule has 1 saturated heterocycles. The van der Waals surface area contributed by atoms with E-state index in [2.05, 4.69) is 26.1 Å². The third-order valence-corrected chi connectivity index (χ3v) is 5.25. The van der Waals surface area contributed by atoms with Gasteiger partial charge >= 0.3 is 0 Å². The maximum absolute atomic E-state index is 12.9. The van der Waals surface area contributed by atoms with E-state index in [-0.39, 0.29) is 17.2 Å². The zero-order valence-electron chi connectivity index (χ0n) is 17.1. The van der Waals surface area contributed by atoms with Crippen LogP contribution in [0.2, 0.25) is 0 Å². The monoisotopic (exact) mass is 378 g/mol. The number of nitrogens with one attached hydrogen (secondary N) is 1. The Morgan fingerprint density at radius 3 is 2.18 bits per heavy atom. The van der Waals surface area contributed by atoms with E-state index in [0.717, 1.165) is 37.2 Å². The minimum Gasteiger partial charge on any atom is -0.339 e. The highest BCUT2D eigenvalue weighted by atomic mass is 16.2. The second kappa shape index (κ2) is 8.59. The first-order valence-electron chi connectivity index (χ1n) is 10.2. The zero-order valence-corrected chi connectivity index (χ0v) is 17.1. The molecule has 0 bridgehead atoms. The molecule has 1 aliphatic rings. The lowest BCUT2D eigenvalue weighted by Crippen LogP contribution is -2.32. The van der Waals surface area contributed by atoms with Crippen molar-refractivity contribution in [2.24, 2.45) is 0 Å². The Bertz CT molecular complexity index is 844. The molecule has 1 N–H and O–H groups in total. The van der Waals surface area contributed by atoms with Gasteiger partial charge in [0.2, 0.25) is 0 Å². The molecule has 0 aromatic heterocycles. The fraction of sp³-hybridized carbons (Fsp3) is 0.417. The number of anilines is 1. The van der Waals surface area contributed by atoms with Crippen molar-refractivity contribution in [2.75, 3.05) is 18.4 Å². The average molecular weight is 379 g/mol. The molecule has 4 heteroatoms. The van der Waals surface area contributed by atoms with Crippen LogP contribution in [-0.2, 0) is 5.41 Å². The molecule has 0 spiro atoms. The summed E-state index contributed by atoms with van der Waals surface area (Å²) in [6.45, 7) is 7.97. The minimum absolute atomic E-state index is 0.0200. The second-order valence-electron chi connectivity index (χ2n) is 8.54. The Hall–Kier alpha value is -2.62. The molecule has 2 aromatic carbocycles. The summed E-state index contributed by atoms with van der Waals surface area (Å²) < 4.78 is 0. The van der Waals surface area contributed by atoms with Crippen molar-refractivity contribution in [3.05, 3.63) is 65.2 Å². The molecule has 4 nitrogen and oxygen atoms in total. The van der Waals surface area contributed by atoms with Crippen LogP contribution in [-0.4, -0.2) is 29.8 Å². The molecule has 0 aliphatic carbocycles. The van der Waals surface area contributed by atoms with Gasteiger partial charge in [0.05, 0.1) is 0 Å². The molecule has 0 radical (unpaired) electrons. The second-order valence-corrected chi connectivity index (χ2v) is 8.54. The van der Waals surface area contributed by atoms with Gasteiger partial charge in [-0.15, -0.1) is 0 Å². The first-order chi connectivity index (χ1) is 13.4. The van der Waals surface area contributed by atoms with Crippen LogP contribution in [0.3, 0.4) is 0 Å². The number of hydrogen-bond acceptors (Lipinski definition) is 2. The molecule has 2 aromatic rings. The van der Waals surface area contributed by atoms with Gasteiger partial charge in [0, 0.05) is 29.9 Å². The Kier molecular flexibility index (Phi) is 6.18. The fourth-order valence-electron chi connectivity index (χ4n) is 3.69. The molecular formula is C24H30N2O2. The van der Waals surface area contributed by atoms with Gasteiger partial charge in [0.1, 0.15) is 0 Å². The van der Waals surface area contributed by atoms with Crippen molar-refractivity contribution in [3.8, 4) is 0 Å². The van der Waals surface area contributed by atoms with E-state index in [4.69, 9.17) is 0 Å². The number of carbonyl (C=O) groups excluding carboxylic acids is 2. The van der Waals surface area contributed by atoms with Gasteiger partial charge in [-0.1, -0.05) is 57.9 Å². The van der Waals surface area contributed by atoms with Crippen LogP contribution in [0.5, 0.6) is 0 Å². The number of carbonyl (C=O) groups is 2. The number of hydrogen-bond donors (Lipinski definition) is 1. The van der Waals surface area contributed by atoms with E-state index in [1.54, 1.807) is 24.3 Å². The van der Waals surface area contributed by atoms with Crippen LogP contribution in [0.4, 0.5) is 5.69 Å². The van der Waals surface area contributed by atoms with Gasteiger partial charge in [0.15, 0.2) is 0 Å². The van der Waals surface area contributed by atoms with Gasteiger partial charge in [-0.05, 0) is 48.1 Å². The molecular weight excluding hydrogens is 348 g/mol. The summed E-state index contributed by atoms with van der Waals surface area (Å²) in [5.41, 5.74) is 2.90. The quantitative estimate of drug-likeness (QED) is 0.793. The highest BCUT2D eigenvalue weighted by molar-refractivity contribution is 6.06. The highest BCUT2D eigenvalue weighted by Crippen LogP contribution is 2.29. The van der Waals surface area contributed by atoms with Gasteiger partial charge in [-0.3, -0.25) is 9.59 Å². The lowest BCUT2D eigenvalue weighted by Gasteiger charge is -2.23. The summed E-state index contributed by atoms with van der Waals surface area (Å²) >= 11 is 0. The molecule has 1 fully saturated rings. The molecule has 0 atom stereocenters. The summed E-state index contributed by atoms with van der Waals surface area (Å²) in [5, 5.41) is 3.03.